The van der Waals surface area contributed by atoms with E-state index in [1.807, 2.05) is 6.92 Å². The third-order valence-electron chi connectivity index (χ3n) is 2.06. The minimum atomic E-state index is -0.140. The quantitative estimate of drug-likeness (QED) is 0.543. The SMILES string of the molecule is CC(CCOc1ccc(C=O)cc1)OC#N. The normalized spacial score (nSPS) is 11.2. The molecule has 0 saturated carbocycles. The maximum absolute atomic E-state index is 10.4. The highest BCUT2D eigenvalue weighted by atomic mass is 16.5. The molecule has 0 heterocycles. The van der Waals surface area contributed by atoms with E-state index in [9.17, 15) is 4.79 Å². The van der Waals surface area contributed by atoms with Crippen molar-refractivity contribution < 1.29 is 14.3 Å². The Morgan fingerprint density at radius 3 is 2.69 bits per heavy atom. The highest BCUT2D eigenvalue weighted by Crippen LogP contribution is 2.11. The van der Waals surface area contributed by atoms with Crippen LogP contribution < -0.4 is 4.74 Å². The van der Waals surface area contributed by atoms with E-state index in [1.54, 1.807) is 30.5 Å². The van der Waals surface area contributed by atoms with E-state index in [0.29, 0.717) is 24.3 Å². The van der Waals surface area contributed by atoms with E-state index in [2.05, 4.69) is 0 Å². The number of carbonyl (C=O) groups is 1. The molecule has 1 rings (SSSR count). The number of hydrogen-bond acceptors (Lipinski definition) is 4. The molecule has 1 aromatic carbocycles. The van der Waals surface area contributed by atoms with Crippen LogP contribution in [0.4, 0.5) is 0 Å². The van der Waals surface area contributed by atoms with Crippen molar-refractivity contribution in [2.75, 3.05) is 6.61 Å². The van der Waals surface area contributed by atoms with Crippen LogP contribution in [0.5, 0.6) is 5.75 Å². The first kappa shape index (κ1) is 12.1. The minimum absolute atomic E-state index is 0.140. The van der Waals surface area contributed by atoms with E-state index in [-0.39, 0.29) is 6.10 Å². The topological polar surface area (TPSA) is 59.3 Å². The van der Waals surface area contributed by atoms with Gasteiger partial charge in [-0.25, -0.2) is 0 Å². The number of nitrogens with zero attached hydrogens (tertiary/aromatic N) is 1. The van der Waals surface area contributed by atoms with E-state index in [4.69, 9.17) is 14.7 Å². The third kappa shape index (κ3) is 4.01. The van der Waals surface area contributed by atoms with Crippen LogP contribution in [0.1, 0.15) is 23.7 Å². The van der Waals surface area contributed by atoms with Crippen molar-refractivity contribution in [1.82, 2.24) is 0 Å². The summed E-state index contributed by atoms with van der Waals surface area (Å²) in [6.07, 6.45) is 2.92. The van der Waals surface area contributed by atoms with Gasteiger partial charge in [0, 0.05) is 12.0 Å². The van der Waals surface area contributed by atoms with Gasteiger partial charge in [0.1, 0.15) is 18.1 Å². The zero-order chi connectivity index (χ0) is 11.8. The molecule has 0 radical (unpaired) electrons. The molecule has 0 saturated heterocycles. The van der Waals surface area contributed by atoms with Crippen LogP contribution in [0.3, 0.4) is 0 Å². The molecule has 0 aliphatic rings. The highest BCUT2D eigenvalue weighted by molar-refractivity contribution is 5.74. The van der Waals surface area contributed by atoms with Gasteiger partial charge in [-0.15, -0.1) is 0 Å². The van der Waals surface area contributed by atoms with Crippen LogP contribution in [0, 0.1) is 11.5 Å². The average Bonchev–Trinajstić information content (AvgIpc) is 2.30. The summed E-state index contributed by atoms with van der Waals surface area (Å²) >= 11 is 0. The van der Waals surface area contributed by atoms with Gasteiger partial charge in [-0.3, -0.25) is 4.79 Å². The second-order valence-electron chi connectivity index (χ2n) is 3.34. The first-order valence-corrected chi connectivity index (χ1v) is 4.99. The summed E-state index contributed by atoms with van der Waals surface area (Å²) in [7, 11) is 0. The van der Waals surface area contributed by atoms with Crippen molar-refractivity contribution >= 4 is 6.29 Å². The molecule has 4 heteroatoms. The molecule has 0 amide bonds. The summed E-state index contributed by atoms with van der Waals surface area (Å²) in [5.74, 6) is 0.703. The van der Waals surface area contributed by atoms with E-state index >= 15 is 0 Å². The molecule has 1 unspecified atom stereocenters. The fourth-order valence-electron chi connectivity index (χ4n) is 1.13. The van der Waals surface area contributed by atoms with Crippen molar-refractivity contribution in [1.29, 1.82) is 5.26 Å². The molecule has 16 heavy (non-hydrogen) atoms. The molecule has 84 valence electrons. The number of ether oxygens (including phenoxy) is 2. The Morgan fingerprint density at radius 2 is 2.12 bits per heavy atom. The maximum atomic E-state index is 10.4. The van der Waals surface area contributed by atoms with Gasteiger partial charge < -0.3 is 9.47 Å². The maximum Gasteiger partial charge on any atom is 0.286 e. The summed E-state index contributed by atoms with van der Waals surface area (Å²) in [4.78, 5) is 10.4. The van der Waals surface area contributed by atoms with Crippen molar-refractivity contribution in [2.45, 2.75) is 19.4 Å². The van der Waals surface area contributed by atoms with Crippen molar-refractivity contribution in [3.05, 3.63) is 29.8 Å². The monoisotopic (exact) mass is 219 g/mol. The van der Waals surface area contributed by atoms with Gasteiger partial charge in [0.05, 0.1) is 6.61 Å². The molecule has 1 aromatic rings. The molecule has 4 nitrogen and oxygen atoms in total. The van der Waals surface area contributed by atoms with Crippen LogP contribution >= 0.6 is 0 Å². The molecule has 0 N–H and O–H groups in total. The van der Waals surface area contributed by atoms with Crippen LogP contribution in [-0.2, 0) is 4.74 Å². The average molecular weight is 219 g/mol. The minimum Gasteiger partial charge on any atom is -0.493 e. The standard InChI is InChI=1S/C12H13NO3/c1-10(16-9-13)6-7-15-12-4-2-11(8-14)3-5-12/h2-5,8,10H,6-7H2,1H3. The fourth-order valence-corrected chi connectivity index (χ4v) is 1.13. The van der Waals surface area contributed by atoms with Gasteiger partial charge in [-0.1, -0.05) is 0 Å². The zero-order valence-electron chi connectivity index (χ0n) is 9.05. The molecular weight excluding hydrogens is 206 g/mol. The lowest BCUT2D eigenvalue weighted by molar-refractivity contribution is 0.112. The third-order valence-corrected chi connectivity index (χ3v) is 2.06. The Hall–Kier alpha value is -2.02. The summed E-state index contributed by atoms with van der Waals surface area (Å²) < 4.78 is 10.1. The Morgan fingerprint density at radius 1 is 1.44 bits per heavy atom. The predicted molar refractivity (Wildman–Crippen MR) is 58.1 cm³/mol. The highest BCUT2D eigenvalue weighted by Gasteiger charge is 2.02. The Bertz CT molecular complexity index is 367. The van der Waals surface area contributed by atoms with E-state index in [1.165, 1.54) is 0 Å². The van der Waals surface area contributed by atoms with Crippen LogP contribution in [-0.4, -0.2) is 19.0 Å². The summed E-state index contributed by atoms with van der Waals surface area (Å²) in [5, 5.41) is 8.26. The number of benzene rings is 1. The lowest BCUT2D eigenvalue weighted by Crippen LogP contribution is -2.10. The number of nitriles is 1. The summed E-state index contributed by atoms with van der Waals surface area (Å²) in [6.45, 7) is 2.28. The lowest BCUT2D eigenvalue weighted by atomic mass is 10.2. The summed E-state index contributed by atoms with van der Waals surface area (Å²) in [6, 6.07) is 6.86. The second-order valence-corrected chi connectivity index (χ2v) is 3.34. The van der Waals surface area contributed by atoms with Gasteiger partial charge in [-0.2, -0.15) is 5.26 Å². The van der Waals surface area contributed by atoms with Crippen LogP contribution in [0.2, 0.25) is 0 Å². The second kappa shape index (κ2) is 6.46. The lowest BCUT2D eigenvalue weighted by Gasteiger charge is -2.09. The van der Waals surface area contributed by atoms with Crippen LogP contribution in [0.25, 0.3) is 0 Å². The fraction of sp³-hybridized carbons (Fsp3) is 0.333. The van der Waals surface area contributed by atoms with Gasteiger partial charge in [0.25, 0.3) is 6.26 Å². The Balaban J connectivity index is 2.32. The molecule has 0 aliphatic heterocycles. The van der Waals surface area contributed by atoms with E-state index < -0.39 is 0 Å². The smallest absolute Gasteiger partial charge is 0.286 e. The van der Waals surface area contributed by atoms with E-state index in [0.717, 1.165) is 6.29 Å². The summed E-state index contributed by atoms with van der Waals surface area (Å²) in [5.41, 5.74) is 0.619. The van der Waals surface area contributed by atoms with Gasteiger partial charge >= 0.3 is 0 Å². The molecule has 0 fully saturated rings. The molecule has 1 atom stereocenters. The number of carbonyl (C=O) groups excluding carboxylic acids is 1. The van der Waals surface area contributed by atoms with Crippen molar-refractivity contribution in [3.8, 4) is 12.0 Å². The van der Waals surface area contributed by atoms with Crippen molar-refractivity contribution in [3.63, 3.8) is 0 Å². The molecule has 0 aromatic heterocycles. The molecule has 0 aliphatic carbocycles. The van der Waals surface area contributed by atoms with Gasteiger partial charge in [-0.05, 0) is 31.2 Å². The first-order chi connectivity index (χ1) is 7.76. The first-order valence-electron chi connectivity index (χ1n) is 4.99. The molecular formula is C12H13NO3. The Labute approximate surface area is 94.4 Å². The van der Waals surface area contributed by atoms with Gasteiger partial charge in [0.15, 0.2) is 0 Å². The predicted octanol–water partition coefficient (Wildman–Crippen LogP) is 2.15. The van der Waals surface area contributed by atoms with Gasteiger partial charge in [0.2, 0.25) is 0 Å². The number of aldehydes is 1. The zero-order valence-corrected chi connectivity index (χ0v) is 9.05. The van der Waals surface area contributed by atoms with Crippen LogP contribution in [0.15, 0.2) is 24.3 Å². The number of hydrogen-bond donors (Lipinski definition) is 0. The molecule has 0 spiro atoms. The number of rotatable bonds is 6. The molecule has 0 bridgehead atoms. The van der Waals surface area contributed by atoms with Crippen molar-refractivity contribution in [2.24, 2.45) is 0 Å². The largest absolute Gasteiger partial charge is 0.493 e. The Kier molecular flexibility index (Phi) is 4.87.